The molecule has 0 saturated carbocycles. The third-order valence-electron chi connectivity index (χ3n) is 6.73. The van der Waals surface area contributed by atoms with Crippen molar-refractivity contribution in [2.75, 3.05) is 6.61 Å². The van der Waals surface area contributed by atoms with Crippen LogP contribution < -0.4 is 0 Å². The second-order valence-electron chi connectivity index (χ2n) is 9.66. The van der Waals surface area contributed by atoms with Gasteiger partial charge < -0.3 is 0 Å². The summed E-state index contributed by atoms with van der Waals surface area (Å²) in [6, 6.07) is 29.7. The molecule has 0 bridgehead atoms. The second kappa shape index (κ2) is 23.3. The van der Waals surface area contributed by atoms with Gasteiger partial charge in [0.15, 0.2) is 0 Å². The topological polar surface area (TPSA) is 44.8 Å². The summed E-state index contributed by atoms with van der Waals surface area (Å²) in [5.41, 5.74) is 3.31. The molecule has 4 nitrogen and oxygen atoms in total. The van der Waals surface area contributed by atoms with Crippen molar-refractivity contribution in [1.29, 1.82) is 0 Å². The SMILES string of the molecule is C#C/C=C/C(CC)(CCCCC)c1ccccc1.C/C=C\COP(=O)(OCc1ccccc1)OCc1ccccc1.CC. The molecule has 1 unspecified atom stereocenters. The van der Waals surface area contributed by atoms with Gasteiger partial charge in [0, 0.05) is 5.41 Å². The van der Waals surface area contributed by atoms with Gasteiger partial charge >= 0.3 is 7.82 Å². The summed E-state index contributed by atoms with van der Waals surface area (Å²) in [4.78, 5) is 0. The first-order valence-corrected chi connectivity index (χ1v) is 16.9. The van der Waals surface area contributed by atoms with Crippen molar-refractivity contribution in [3.8, 4) is 12.3 Å². The Morgan fingerprint density at radius 3 is 1.74 bits per heavy atom. The third-order valence-corrected chi connectivity index (χ3v) is 8.09. The largest absolute Gasteiger partial charge is 0.475 e. The molecule has 0 fully saturated rings. The van der Waals surface area contributed by atoms with E-state index in [9.17, 15) is 4.57 Å². The van der Waals surface area contributed by atoms with E-state index in [1.165, 1.54) is 31.2 Å². The highest BCUT2D eigenvalue weighted by Gasteiger charge is 2.27. The van der Waals surface area contributed by atoms with E-state index in [1.807, 2.05) is 93.6 Å². The molecule has 0 heterocycles. The van der Waals surface area contributed by atoms with Gasteiger partial charge in [0.2, 0.25) is 0 Å². The molecule has 3 aromatic carbocycles. The van der Waals surface area contributed by atoms with Gasteiger partial charge in [0.05, 0.1) is 19.8 Å². The Hall–Kier alpha value is -3.19. The number of phosphoric acid groups is 1. The highest BCUT2D eigenvalue weighted by Crippen LogP contribution is 2.50. The van der Waals surface area contributed by atoms with Gasteiger partial charge in [-0.1, -0.05) is 162 Å². The van der Waals surface area contributed by atoms with Gasteiger partial charge in [-0.25, -0.2) is 4.57 Å². The van der Waals surface area contributed by atoms with Crippen LogP contribution in [0, 0.1) is 12.3 Å². The Labute approximate surface area is 261 Å². The Morgan fingerprint density at radius 1 is 0.791 bits per heavy atom. The fraction of sp³-hybridized carbons (Fsp3) is 0.368. The minimum Gasteiger partial charge on any atom is -0.283 e. The van der Waals surface area contributed by atoms with Gasteiger partial charge in [-0.05, 0) is 42.5 Å². The molecular weight excluding hydrogens is 551 g/mol. The van der Waals surface area contributed by atoms with Crippen LogP contribution in [0.4, 0.5) is 0 Å². The van der Waals surface area contributed by atoms with Gasteiger partial charge in [0.1, 0.15) is 0 Å². The Bertz CT molecular complexity index is 1190. The lowest BCUT2D eigenvalue weighted by atomic mass is 9.74. The molecule has 0 spiro atoms. The van der Waals surface area contributed by atoms with E-state index in [1.54, 1.807) is 6.08 Å². The molecule has 0 aliphatic rings. The van der Waals surface area contributed by atoms with Crippen molar-refractivity contribution in [2.24, 2.45) is 0 Å². The number of hydrogen-bond donors (Lipinski definition) is 0. The minimum atomic E-state index is -3.63. The zero-order valence-corrected chi connectivity index (χ0v) is 27.7. The summed E-state index contributed by atoms with van der Waals surface area (Å²) in [6.07, 6.45) is 19.1. The second-order valence-corrected chi connectivity index (χ2v) is 11.3. The smallest absolute Gasteiger partial charge is 0.283 e. The van der Waals surface area contributed by atoms with Crippen LogP contribution in [0.1, 0.15) is 83.4 Å². The van der Waals surface area contributed by atoms with E-state index in [2.05, 4.69) is 56.2 Å². The molecule has 43 heavy (non-hydrogen) atoms. The predicted molar refractivity (Wildman–Crippen MR) is 183 cm³/mol. The highest BCUT2D eigenvalue weighted by molar-refractivity contribution is 7.48. The molecule has 0 aliphatic heterocycles. The summed E-state index contributed by atoms with van der Waals surface area (Å²) < 4.78 is 29.0. The first-order valence-electron chi connectivity index (χ1n) is 15.4. The van der Waals surface area contributed by atoms with Crippen molar-refractivity contribution >= 4 is 7.82 Å². The zero-order chi connectivity index (χ0) is 31.7. The lowest BCUT2D eigenvalue weighted by Crippen LogP contribution is -2.22. The van der Waals surface area contributed by atoms with Crippen LogP contribution in [-0.2, 0) is 36.8 Å². The molecular formula is C38H51O4P. The van der Waals surface area contributed by atoms with E-state index in [4.69, 9.17) is 20.0 Å². The molecule has 0 saturated heterocycles. The number of terminal acetylenes is 1. The molecule has 0 aromatic heterocycles. The minimum absolute atomic E-state index is 0.114. The zero-order valence-electron chi connectivity index (χ0n) is 26.8. The van der Waals surface area contributed by atoms with E-state index in [0.29, 0.717) is 0 Å². The first kappa shape index (κ1) is 37.8. The Balaban J connectivity index is 0.000000418. The molecule has 0 amide bonds. The van der Waals surface area contributed by atoms with Crippen molar-refractivity contribution in [1.82, 2.24) is 0 Å². The highest BCUT2D eigenvalue weighted by atomic mass is 31.2. The van der Waals surface area contributed by atoms with Gasteiger partial charge in [-0.15, -0.1) is 6.42 Å². The predicted octanol–water partition coefficient (Wildman–Crippen LogP) is 11.3. The maximum atomic E-state index is 12.7. The molecule has 1 atom stereocenters. The number of hydrogen-bond acceptors (Lipinski definition) is 4. The normalized spacial score (nSPS) is 12.5. The number of benzene rings is 3. The van der Waals surface area contributed by atoms with Crippen molar-refractivity contribution in [2.45, 2.75) is 85.4 Å². The van der Waals surface area contributed by atoms with Gasteiger partial charge in [0.25, 0.3) is 0 Å². The average molecular weight is 603 g/mol. The monoisotopic (exact) mass is 602 g/mol. The lowest BCUT2D eigenvalue weighted by Gasteiger charge is -2.30. The fourth-order valence-corrected chi connectivity index (χ4v) is 5.40. The standard InChI is InChI=1S/C18H21O4P.C18H24.C2H6/c1-2-3-14-20-23(19,21-15-17-10-6-4-7-11-17)22-16-18-12-8-5-9-13-18;1-4-7-12-16-18(6-3,15-8-5-2)17-13-10-9-11-14-17;1-2/h2-13H,14-16H2,1H3;2,8-11,13-15H,4,6-7,12,16H2,1,3H3;1-2H3/b3-2-;15-8+;. The van der Waals surface area contributed by atoms with Crippen LogP contribution in [0.3, 0.4) is 0 Å². The molecule has 3 rings (SSSR count). The Kier molecular flexibility index (Phi) is 20.5. The first-order chi connectivity index (χ1) is 21.0. The molecule has 3 aromatic rings. The molecule has 0 aliphatic carbocycles. The lowest BCUT2D eigenvalue weighted by molar-refractivity contribution is 0.111. The number of phosphoric ester groups is 1. The van der Waals surface area contributed by atoms with Crippen LogP contribution in [0.25, 0.3) is 0 Å². The Morgan fingerprint density at radius 2 is 1.30 bits per heavy atom. The van der Waals surface area contributed by atoms with Crippen molar-refractivity contribution in [3.05, 3.63) is 132 Å². The summed E-state index contributed by atoms with van der Waals surface area (Å²) in [6.45, 7) is 10.9. The van der Waals surface area contributed by atoms with Gasteiger partial charge in [-0.3, -0.25) is 13.6 Å². The summed E-state index contributed by atoms with van der Waals surface area (Å²) >= 11 is 0. The quantitative estimate of drug-likeness (QED) is 0.0708. The number of rotatable bonds is 16. The van der Waals surface area contributed by atoms with Crippen LogP contribution >= 0.6 is 7.82 Å². The summed E-state index contributed by atoms with van der Waals surface area (Å²) in [5.74, 6) is 2.64. The van der Waals surface area contributed by atoms with Crippen LogP contribution in [0.15, 0.2) is 115 Å². The number of unbranched alkanes of at least 4 members (excludes halogenated alkanes) is 2. The third kappa shape index (κ3) is 15.2. The van der Waals surface area contributed by atoms with Crippen LogP contribution in [0.2, 0.25) is 0 Å². The van der Waals surface area contributed by atoms with E-state index in [0.717, 1.165) is 17.5 Å². The summed E-state index contributed by atoms with van der Waals surface area (Å²) in [7, 11) is -3.63. The maximum absolute atomic E-state index is 12.7. The molecule has 5 heteroatoms. The molecule has 232 valence electrons. The van der Waals surface area contributed by atoms with Crippen molar-refractivity contribution in [3.63, 3.8) is 0 Å². The van der Waals surface area contributed by atoms with Crippen LogP contribution in [0.5, 0.6) is 0 Å². The van der Waals surface area contributed by atoms with E-state index in [-0.39, 0.29) is 25.2 Å². The van der Waals surface area contributed by atoms with Crippen molar-refractivity contribution < 1.29 is 18.1 Å². The average Bonchev–Trinajstić information content (AvgIpc) is 3.07. The van der Waals surface area contributed by atoms with Crippen LogP contribution in [-0.4, -0.2) is 6.61 Å². The number of allylic oxidation sites excluding steroid dienone is 3. The fourth-order valence-electron chi connectivity index (χ4n) is 4.29. The molecule has 0 radical (unpaired) electrons. The van der Waals surface area contributed by atoms with E-state index >= 15 is 0 Å². The molecule has 0 N–H and O–H groups in total. The van der Waals surface area contributed by atoms with Gasteiger partial charge in [-0.2, -0.15) is 0 Å². The van der Waals surface area contributed by atoms with E-state index < -0.39 is 7.82 Å². The summed E-state index contributed by atoms with van der Waals surface area (Å²) in [5, 5.41) is 0. The maximum Gasteiger partial charge on any atom is 0.475 e.